The van der Waals surface area contributed by atoms with Gasteiger partial charge in [0.1, 0.15) is 5.75 Å². The van der Waals surface area contributed by atoms with Gasteiger partial charge in [0.2, 0.25) is 5.91 Å². The van der Waals surface area contributed by atoms with Gasteiger partial charge in [0, 0.05) is 16.8 Å². The van der Waals surface area contributed by atoms with Crippen LogP contribution in [0.15, 0.2) is 72.8 Å². The number of benzene rings is 3. The highest BCUT2D eigenvalue weighted by Gasteiger charge is 2.31. The Morgan fingerprint density at radius 3 is 2.53 bits per heavy atom. The van der Waals surface area contributed by atoms with E-state index in [0.717, 1.165) is 16.7 Å². The lowest BCUT2D eigenvalue weighted by molar-refractivity contribution is -0.125. The summed E-state index contributed by atoms with van der Waals surface area (Å²) >= 11 is 5.98. The Hall–Kier alpha value is -3.57. The van der Waals surface area contributed by atoms with Gasteiger partial charge in [0.05, 0.1) is 12.2 Å². The SMILES string of the molecule is Cc1ccc(/C=C/C(=O)Nc2ccc3c(c2)N(Cc2ccc(Cl)cc2)C(=O)C(C)O3)cc1. The second-order valence-electron chi connectivity index (χ2n) is 7.73. The topological polar surface area (TPSA) is 58.6 Å². The smallest absolute Gasteiger partial charge is 0.268 e. The number of anilines is 2. The Morgan fingerprint density at radius 1 is 1.09 bits per heavy atom. The lowest BCUT2D eigenvalue weighted by Gasteiger charge is -2.33. The maximum Gasteiger partial charge on any atom is 0.268 e. The molecule has 0 fully saturated rings. The highest BCUT2D eigenvalue weighted by molar-refractivity contribution is 6.30. The van der Waals surface area contributed by atoms with Crippen molar-refractivity contribution in [2.75, 3.05) is 10.2 Å². The van der Waals surface area contributed by atoms with Crippen LogP contribution in [0.5, 0.6) is 5.75 Å². The van der Waals surface area contributed by atoms with Crippen molar-refractivity contribution in [1.29, 1.82) is 0 Å². The summed E-state index contributed by atoms with van der Waals surface area (Å²) in [5.74, 6) is 0.195. The molecule has 1 N–H and O–H groups in total. The van der Waals surface area contributed by atoms with Crippen LogP contribution in [0, 0.1) is 6.92 Å². The predicted octanol–water partition coefficient (Wildman–Crippen LogP) is 5.61. The lowest BCUT2D eigenvalue weighted by Crippen LogP contribution is -2.44. The molecule has 3 aromatic carbocycles. The third-order valence-electron chi connectivity index (χ3n) is 5.19. The summed E-state index contributed by atoms with van der Waals surface area (Å²) in [5.41, 5.74) is 4.24. The molecule has 4 rings (SSSR count). The molecule has 0 radical (unpaired) electrons. The van der Waals surface area contributed by atoms with Crippen LogP contribution in [0.25, 0.3) is 6.08 Å². The van der Waals surface area contributed by atoms with Gasteiger partial charge >= 0.3 is 0 Å². The number of nitrogens with zero attached hydrogens (tertiary/aromatic N) is 1. The Labute approximate surface area is 192 Å². The molecule has 0 saturated heterocycles. The van der Waals surface area contributed by atoms with E-state index in [4.69, 9.17) is 16.3 Å². The molecule has 0 aromatic heterocycles. The summed E-state index contributed by atoms with van der Waals surface area (Å²) in [6, 6.07) is 20.6. The predicted molar refractivity (Wildman–Crippen MR) is 128 cm³/mol. The van der Waals surface area contributed by atoms with Crippen molar-refractivity contribution in [3.8, 4) is 5.75 Å². The van der Waals surface area contributed by atoms with Gasteiger partial charge in [-0.25, -0.2) is 0 Å². The number of halogens is 1. The number of hydrogen-bond donors (Lipinski definition) is 1. The van der Waals surface area contributed by atoms with Crippen LogP contribution in [0.3, 0.4) is 0 Å². The second kappa shape index (κ2) is 9.28. The molecule has 0 saturated carbocycles. The highest BCUT2D eigenvalue weighted by Crippen LogP contribution is 2.37. The average Bonchev–Trinajstić information content (AvgIpc) is 2.78. The van der Waals surface area contributed by atoms with Gasteiger partial charge in [0.15, 0.2) is 6.10 Å². The maximum atomic E-state index is 12.9. The molecule has 5 nitrogen and oxygen atoms in total. The van der Waals surface area contributed by atoms with Gasteiger partial charge in [-0.2, -0.15) is 0 Å². The standard InChI is InChI=1S/C26H23ClN2O3/c1-17-3-5-19(6-4-17)9-14-25(30)28-22-12-13-24-23(15-22)29(26(31)18(2)32-24)16-20-7-10-21(27)11-8-20/h3-15,18H,16H2,1-2H3,(H,28,30)/b14-9+. The van der Waals surface area contributed by atoms with Crippen LogP contribution >= 0.6 is 11.6 Å². The van der Waals surface area contributed by atoms with Crippen molar-refractivity contribution in [3.63, 3.8) is 0 Å². The number of hydrogen-bond acceptors (Lipinski definition) is 3. The zero-order chi connectivity index (χ0) is 22.7. The molecule has 1 unspecified atom stereocenters. The zero-order valence-corrected chi connectivity index (χ0v) is 18.6. The van der Waals surface area contributed by atoms with Gasteiger partial charge in [-0.15, -0.1) is 0 Å². The summed E-state index contributed by atoms with van der Waals surface area (Å²) in [5, 5.41) is 3.49. The van der Waals surface area contributed by atoms with Gasteiger partial charge in [-0.1, -0.05) is 53.6 Å². The van der Waals surface area contributed by atoms with Gasteiger partial charge in [-0.3, -0.25) is 9.59 Å². The molecule has 0 bridgehead atoms. The molecule has 1 heterocycles. The monoisotopic (exact) mass is 446 g/mol. The number of rotatable bonds is 5. The molecule has 1 aliphatic heterocycles. The third-order valence-corrected chi connectivity index (χ3v) is 5.45. The first-order chi connectivity index (χ1) is 15.4. The van der Waals surface area contributed by atoms with E-state index in [1.165, 1.54) is 6.08 Å². The second-order valence-corrected chi connectivity index (χ2v) is 8.16. The molecular formula is C26H23ClN2O3. The van der Waals surface area contributed by atoms with E-state index in [-0.39, 0.29) is 11.8 Å². The van der Waals surface area contributed by atoms with Gasteiger partial charge in [-0.05, 0) is 61.4 Å². The van der Waals surface area contributed by atoms with E-state index in [1.54, 1.807) is 48.2 Å². The molecule has 6 heteroatoms. The van der Waals surface area contributed by atoms with E-state index >= 15 is 0 Å². The van der Waals surface area contributed by atoms with Crippen LogP contribution < -0.4 is 15.0 Å². The van der Waals surface area contributed by atoms with Crippen molar-refractivity contribution in [2.24, 2.45) is 0 Å². The highest BCUT2D eigenvalue weighted by atomic mass is 35.5. The number of ether oxygens (including phenoxy) is 1. The first-order valence-corrected chi connectivity index (χ1v) is 10.7. The molecule has 2 amide bonds. The molecule has 1 aliphatic rings. The Bertz CT molecular complexity index is 1170. The zero-order valence-electron chi connectivity index (χ0n) is 17.8. The van der Waals surface area contributed by atoms with Crippen molar-refractivity contribution in [2.45, 2.75) is 26.5 Å². The van der Waals surface area contributed by atoms with Crippen LogP contribution in [-0.2, 0) is 16.1 Å². The molecule has 3 aromatic rings. The molecule has 32 heavy (non-hydrogen) atoms. The molecule has 0 aliphatic carbocycles. The molecule has 1 atom stereocenters. The Morgan fingerprint density at radius 2 is 1.81 bits per heavy atom. The summed E-state index contributed by atoms with van der Waals surface area (Å²) in [7, 11) is 0. The van der Waals surface area contributed by atoms with Gasteiger partial charge in [0.25, 0.3) is 5.91 Å². The molecular weight excluding hydrogens is 424 g/mol. The number of carbonyl (C=O) groups is 2. The van der Waals surface area contributed by atoms with Crippen molar-refractivity contribution in [3.05, 3.63) is 94.5 Å². The number of amides is 2. The minimum absolute atomic E-state index is 0.143. The summed E-state index contributed by atoms with van der Waals surface area (Å²) in [4.78, 5) is 26.9. The quantitative estimate of drug-likeness (QED) is 0.518. The van der Waals surface area contributed by atoms with Crippen LogP contribution in [0.2, 0.25) is 5.02 Å². The fourth-order valence-corrected chi connectivity index (χ4v) is 3.58. The molecule has 0 spiro atoms. The van der Waals surface area contributed by atoms with Crippen LogP contribution in [-0.4, -0.2) is 17.9 Å². The lowest BCUT2D eigenvalue weighted by atomic mass is 10.1. The normalized spacial score (nSPS) is 15.4. The maximum absolute atomic E-state index is 12.9. The largest absolute Gasteiger partial charge is 0.479 e. The first-order valence-electron chi connectivity index (χ1n) is 10.3. The van der Waals surface area contributed by atoms with Crippen molar-refractivity contribution in [1.82, 2.24) is 0 Å². The van der Waals surface area contributed by atoms with Crippen LogP contribution in [0.1, 0.15) is 23.6 Å². The van der Waals surface area contributed by atoms with Crippen LogP contribution in [0.4, 0.5) is 11.4 Å². The Kier molecular flexibility index (Phi) is 6.28. The molecule has 162 valence electrons. The van der Waals surface area contributed by atoms with E-state index in [1.807, 2.05) is 43.3 Å². The first kappa shape index (κ1) is 21.7. The number of carbonyl (C=O) groups excluding carboxylic acids is 2. The van der Waals surface area contributed by atoms with E-state index < -0.39 is 6.10 Å². The fourth-order valence-electron chi connectivity index (χ4n) is 3.45. The minimum atomic E-state index is -0.590. The third kappa shape index (κ3) is 5.01. The van der Waals surface area contributed by atoms with E-state index in [2.05, 4.69) is 5.32 Å². The van der Waals surface area contributed by atoms with Gasteiger partial charge < -0.3 is 15.0 Å². The summed E-state index contributed by atoms with van der Waals surface area (Å²) in [6.45, 7) is 4.12. The minimum Gasteiger partial charge on any atom is -0.479 e. The summed E-state index contributed by atoms with van der Waals surface area (Å²) < 4.78 is 5.77. The number of nitrogens with one attached hydrogen (secondary N) is 1. The van der Waals surface area contributed by atoms with Crippen molar-refractivity contribution < 1.29 is 14.3 Å². The van der Waals surface area contributed by atoms with E-state index in [0.29, 0.717) is 28.7 Å². The van der Waals surface area contributed by atoms with E-state index in [9.17, 15) is 9.59 Å². The number of aryl methyl sites for hydroxylation is 1. The number of fused-ring (bicyclic) bond motifs is 1. The average molecular weight is 447 g/mol. The Balaban J connectivity index is 1.54. The summed E-state index contributed by atoms with van der Waals surface area (Å²) in [6.07, 6.45) is 2.65. The fraction of sp³-hybridized carbons (Fsp3) is 0.154. The van der Waals surface area contributed by atoms with Crippen molar-refractivity contribution >= 4 is 40.9 Å².